The number of Topliss-reactive ketones (excluding diaryl/α,β-unsaturated/α-hetero) is 1. The molecule has 0 radical (unpaired) electrons. The molecule has 5 rings (SSSR count). The average Bonchev–Trinajstić information content (AvgIpc) is 3.46. The number of nitrogens with zero attached hydrogens (tertiary/aromatic N) is 2. The van der Waals surface area contributed by atoms with Crippen LogP contribution >= 0.6 is 23.2 Å². The second-order valence-electron chi connectivity index (χ2n) is 9.15. The van der Waals surface area contributed by atoms with Gasteiger partial charge in [0.2, 0.25) is 0 Å². The van der Waals surface area contributed by atoms with E-state index in [9.17, 15) is 19.2 Å². The second kappa shape index (κ2) is 8.26. The Bertz CT molecular complexity index is 1150. The van der Waals surface area contributed by atoms with Crippen molar-refractivity contribution in [1.82, 2.24) is 10.0 Å². The van der Waals surface area contributed by atoms with E-state index in [0.717, 1.165) is 34.8 Å². The predicted octanol–water partition coefficient (Wildman–Crippen LogP) is 4.57. The van der Waals surface area contributed by atoms with Crippen molar-refractivity contribution in [3.05, 3.63) is 69.2 Å². The van der Waals surface area contributed by atoms with Gasteiger partial charge in [0.25, 0.3) is 17.7 Å². The highest BCUT2D eigenvalue weighted by molar-refractivity contribution is 6.36. The maximum atomic E-state index is 13.6. The third kappa shape index (κ3) is 3.65. The Morgan fingerprint density at radius 1 is 0.970 bits per heavy atom. The smallest absolute Gasteiger partial charge is 0.274 e. The van der Waals surface area contributed by atoms with Gasteiger partial charge in [0, 0.05) is 10.6 Å². The first kappa shape index (κ1) is 22.1. The van der Waals surface area contributed by atoms with E-state index >= 15 is 0 Å². The Labute approximate surface area is 201 Å². The van der Waals surface area contributed by atoms with Gasteiger partial charge in [0.1, 0.15) is 6.54 Å². The van der Waals surface area contributed by atoms with Gasteiger partial charge in [-0.25, -0.2) is 5.01 Å². The number of carbonyl (C=O) groups excluding carboxylic acids is 4. The number of hydrogen-bond acceptors (Lipinski definition) is 4. The predicted molar refractivity (Wildman–Crippen MR) is 123 cm³/mol. The quantitative estimate of drug-likeness (QED) is 0.459. The average molecular weight is 485 g/mol. The van der Waals surface area contributed by atoms with Crippen molar-refractivity contribution in [2.45, 2.75) is 26.2 Å². The molecule has 6 nitrogen and oxygen atoms in total. The van der Waals surface area contributed by atoms with Crippen LogP contribution in [0.1, 0.15) is 45.5 Å². The molecule has 2 aromatic carbocycles. The van der Waals surface area contributed by atoms with E-state index in [1.165, 1.54) is 18.2 Å². The molecule has 0 spiro atoms. The van der Waals surface area contributed by atoms with Gasteiger partial charge < -0.3 is 0 Å². The second-order valence-corrected chi connectivity index (χ2v) is 9.99. The van der Waals surface area contributed by atoms with E-state index < -0.39 is 36.1 Å². The zero-order valence-electron chi connectivity index (χ0n) is 18.0. The highest BCUT2D eigenvalue weighted by Gasteiger charge is 2.62. The number of rotatable bonds is 5. The van der Waals surface area contributed by atoms with Crippen LogP contribution in [0.2, 0.25) is 10.0 Å². The Balaban J connectivity index is 1.52. The Morgan fingerprint density at radius 2 is 1.58 bits per heavy atom. The van der Waals surface area contributed by atoms with Gasteiger partial charge in [0.15, 0.2) is 5.78 Å². The number of benzene rings is 2. The molecule has 33 heavy (non-hydrogen) atoms. The minimum Gasteiger partial charge on any atom is -0.292 e. The molecule has 2 aromatic rings. The molecule has 4 atom stereocenters. The molecule has 2 bridgehead atoms. The molecule has 8 heteroatoms. The van der Waals surface area contributed by atoms with Gasteiger partial charge in [-0.15, -0.1) is 0 Å². The number of carbonyl (C=O) groups is 4. The molecule has 1 aliphatic heterocycles. The molecular weight excluding hydrogens is 463 g/mol. The van der Waals surface area contributed by atoms with E-state index in [0.29, 0.717) is 10.6 Å². The van der Waals surface area contributed by atoms with E-state index in [1.54, 1.807) is 24.3 Å². The van der Waals surface area contributed by atoms with Crippen LogP contribution in [0.4, 0.5) is 0 Å². The minimum absolute atomic E-state index is 0.0680. The lowest BCUT2D eigenvalue weighted by Crippen LogP contribution is -2.52. The summed E-state index contributed by atoms with van der Waals surface area (Å²) in [6, 6.07) is 11.3. The summed E-state index contributed by atoms with van der Waals surface area (Å²) in [5.74, 6) is -2.38. The summed E-state index contributed by atoms with van der Waals surface area (Å²) in [6.45, 7) is 1.45. The lowest BCUT2D eigenvalue weighted by atomic mass is 9.81. The largest absolute Gasteiger partial charge is 0.292 e. The molecule has 1 saturated heterocycles. The van der Waals surface area contributed by atoms with Crippen molar-refractivity contribution in [2.24, 2.45) is 23.7 Å². The summed E-state index contributed by atoms with van der Waals surface area (Å²) in [5, 5.41) is 2.32. The van der Waals surface area contributed by atoms with E-state index in [1.807, 2.05) is 6.92 Å². The monoisotopic (exact) mass is 484 g/mol. The fourth-order valence-electron chi connectivity index (χ4n) is 5.63. The minimum atomic E-state index is -0.689. The van der Waals surface area contributed by atoms with Crippen LogP contribution in [0, 0.1) is 30.6 Å². The lowest BCUT2D eigenvalue weighted by molar-refractivity contribution is -0.154. The summed E-state index contributed by atoms with van der Waals surface area (Å²) in [4.78, 5) is 53.5. The Morgan fingerprint density at radius 3 is 2.15 bits per heavy atom. The van der Waals surface area contributed by atoms with Crippen LogP contribution in [0.15, 0.2) is 42.5 Å². The number of fused-ring (bicyclic) bond motifs is 5. The van der Waals surface area contributed by atoms with Gasteiger partial charge in [-0.2, -0.15) is 5.01 Å². The topological polar surface area (TPSA) is 74.8 Å². The van der Waals surface area contributed by atoms with Crippen molar-refractivity contribution in [1.29, 1.82) is 0 Å². The van der Waals surface area contributed by atoms with Crippen LogP contribution in [0.25, 0.3) is 0 Å². The Hall–Kier alpha value is -2.70. The molecule has 3 amide bonds. The zero-order chi connectivity index (χ0) is 23.4. The third-order valence-electron chi connectivity index (χ3n) is 7.21. The lowest BCUT2D eigenvalue weighted by Gasteiger charge is -2.31. The molecular formula is C25H22Cl2N2O4. The number of ketones is 1. The summed E-state index contributed by atoms with van der Waals surface area (Å²) < 4.78 is 0. The van der Waals surface area contributed by atoms with Crippen LogP contribution in [0.5, 0.6) is 0 Å². The van der Waals surface area contributed by atoms with Gasteiger partial charge in [-0.3, -0.25) is 19.2 Å². The van der Waals surface area contributed by atoms with Gasteiger partial charge in [-0.1, -0.05) is 53.0 Å². The SMILES string of the molecule is Cc1ccc(C(=O)CN(C(=O)c2ccc(Cl)cc2Cl)N2C(=O)[C@H]3[C@H]4CC[C@@H](C4)[C@@H]3C2=O)cc1. The number of halogens is 2. The Kier molecular flexibility index (Phi) is 5.53. The standard InChI is InChI=1S/C25H22Cl2N2O4/c1-13-2-4-14(5-3-13)20(30)12-28(23(31)18-9-8-17(26)11-19(18)27)29-24(32)21-15-6-7-16(10-15)22(21)25(29)33/h2-5,8-9,11,15-16,21-22H,6-7,10,12H2,1H3/t15-,16-,21-,22-/m0/s1. The molecule has 3 fully saturated rings. The van der Waals surface area contributed by atoms with Gasteiger partial charge >= 0.3 is 0 Å². The van der Waals surface area contributed by atoms with Crippen LogP contribution in [-0.2, 0) is 9.59 Å². The molecule has 170 valence electrons. The van der Waals surface area contributed by atoms with Crippen molar-refractivity contribution in [3.8, 4) is 0 Å². The van der Waals surface area contributed by atoms with Crippen molar-refractivity contribution in [2.75, 3.05) is 6.54 Å². The van der Waals surface area contributed by atoms with Gasteiger partial charge in [-0.05, 0) is 56.2 Å². The molecule has 0 N–H and O–H groups in total. The van der Waals surface area contributed by atoms with E-state index in [2.05, 4.69) is 0 Å². The zero-order valence-corrected chi connectivity index (χ0v) is 19.5. The summed E-state index contributed by atoms with van der Waals surface area (Å²) in [5.41, 5.74) is 1.44. The normalized spacial score (nSPS) is 25.5. The molecule has 2 saturated carbocycles. The third-order valence-corrected chi connectivity index (χ3v) is 7.76. The van der Waals surface area contributed by atoms with Crippen molar-refractivity contribution in [3.63, 3.8) is 0 Å². The summed E-state index contributed by atoms with van der Waals surface area (Å²) >= 11 is 12.2. The summed E-state index contributed by atoms with van der Waals surface area (Å²) in [7, 11) is 0. The van der Waals surface area contributed by atoms with Gasteiger partial charge in [0.05, 0.1) is 22.4 Å². The molecule has 1 heterocycles. The number of hydrazine groups is 1. The van der Waals surface area contributed by atoms with Crippen molar-refractivity contribution >= 4 is 46.7 Å². The van der Waals surface area contributed by atoms with E-state index in [-0.39, 0.29) is 28.2 Å². The molecule has 2 aliphatic carbocycles. The van der Waals surface area contributed by atoms with E-state index in [4.69, 9.17) is 23.2 Å². The molecule has 0 aromatic heterocycles. The summed E-state index contributed by atoms with van der Waals surface area (Å²) in [6.07, 6.45) is 2.70. The van der Waals surface area contributed by atoms with Crippen molar-refractivity contribution < 1.29 is 19.2 Å². The number of aryl methyl sites for hydroxylation is 1. The molecule has 3 aliphatic rings. The first-order valence-corrected chi connectivity index (χ1v) is 11.8. The van der Waals surface area contributed by atoms with Crippen LogP contribution in [0.3, 0.4) is 0 Å². The number of hydrogen-bond donors (Lipinski definition) is 0. The first-order chi connectivity index (χ1) is 15.8. The highest BCUT2D eigenvalue weighted by Crippen LogP contribution is 2.56. The fourth-order valence-corrected chi connectivity index (χ4v) is 6.12. The fraction of sp³-hybridized carbons (Fsp3) is 0.360. The highest BCUT2D eigenvalue weighted by atomic mass is 35.5. The number of amides is 3. The first-order valence-electron chi connectivity index (χ1n) is 11.0. The number of imide groups is 1. The van der Waals surface area contributed by atoms with Crippen LogP contribution in [-0.4, -0.2) is 40.1 Å². The maximum absolute atomic E-state index is 13.6. The van der Waals surface area contributed by atoms with Crippen LogP contribution < -0.4 is 0 Å². The molecule has 0 unspecified atom stereocenters. The maximum Gasteiger partial charge on any atom is 0.274 e.